The van der Waals surface area contributed by atoms with Crippen LogP contribution in [0.3, 0.4) is 0 Å². The van der Waals surface area contributed by atoms with Gasteiger partial charge >= 0.3 is 0 Å². The minimum atomic E-state index is -0.472. The molecule has 1 aromatic heterocycles. The molecular weight excluding hydrogens is 322 g/mol. The van der Waals surface area contributed by atoms with Crippen LogP contribution in [0.1, 0.15) is 34.4 Å². The molecule has 2 unspecified atom stereocenters. The van der Waals surface area contributed by atoms with Crippen molar-refractivity contribution in [1.82, 2.24) is 5.32 Å². The SMILES string of the molecule is Cc1ccc(C(O)CNC(C)c2ccc3c(c2)OCO3)s1.Cl. The second-order valence-corrected chi connectivity index (χ2v) is 6.53. The lowest BCUT2D eigenvalue weighted by molar-refractivity contribution is 0.173. The Hall–Kier alpha value is -1.27. The van der Waals surface area contributed by atoms with Crippen LogP contribution >= 0.6 is 23.7 Å². The number of benzene rings is 1. The third-order valence-corrected chi connectivity index (χ3v) is 4.71. The van der Waals surface area contributed by atoms with Gasteiger partial charge in [0.15, 0.2) is 11.5 Å². The van der Waals surface area contributed by atoms with E-state index in [1.165, 1.54) is 4.88 Å². The molecule has 120 valence electrons. The lowest BCUT2D eigenvalue weighted by atomic mass is 10.1. The van der Waals surface area contributed by atoms with E-state index >= 15 is 0 Å². The van der Waals surface area contributed by atoms with Crippen LogP contribution in [-0.2, 0) is 0 Å². The number of hydrogen-bond donors (Lipinski definition) is 2. The molecular formula is C16H20ClNO3S. The highest BCUT2D eigenvalue weighted by atomic mass is 35.5. The number of thiophene rings is 1. The first kappa shape index (κ1) is 17.1. The van der Waals surface area contributed by atoms with Crippen molar-refractivity contribution in [2.24, 2.45) is 0 Å². The molecule has 2 atom stereocenters. The Bertz CT molecular complexity index is 632. The second kappa shape index (κ2) is 7.33. The van der Waals surface area contributed by atoms with Gasteiger partial charge in [0.05, 0.1) is 0 Å². The Morgan fingerprint density at radius 3 is 2.73 bits per heavy atom. The van der Waals surface area contributed by atoms with Crippen molar-refractivity contribution >= 4 is 23.7 Å². The van der Waals surface area contributed by atoms with Crippen LogP contribution in [0, 0.1) is 6.92 Å². The average molecular weight is 342 g/mol. The van der Waals surface area contributed by atoms with Gasteiger partial charge in [0.2, 0.25) is 6.79 Å². The van der Waals surface area contributed by atoms with Crippen LogP contribution in [0.4, 0.5) is 0 Å². The van der Waals surface area contributed by atoms with Crippen molar-refractivity contribution < 1.29 is 14.6 Å². The Kier molecular flexibility index (Phi) is 5.69. The Labute approximate surface area is 140 Å². The lowest BCUT2D eigenvalue weighted by Gasteiger charge is -2.17. The summed E-state index contributed by atoms with van der Waals surface area (Å²) in [7, 11) is 0. The quantitative estimate of drug-likeness (QED) is 0.872. The molecule has 0 spiro atoms. The topological polar surface area (TPSA) is 50.7 Å². The maximum Gasteiger partial charge on any atom is 0.231 e. The number of aliphatic hydroxyl groups is 1. The summed E-state index contributed by atoms with van der Waals surface area (Å²) >= 11 is 1.63. The van der Waals surface area contributed by atoms with Gasteiger partial charge in [-0.25, -0.2) is 0 Å². The first-order valence-electron chi connectivity index (χ1n) is 7.01. The number of nitrogens with one attached hydrogen (secondary N) is 1. The van der Waals surface area contributed by atoms with Crippen molar-refractivity contribution in [2.45, 2.75) is 26.0 Å². The van der Waals surface area contributed by atoms with Crippen LogP contribution in [0.2, 0.25) is 0 Å². The molecule has 1 aliphatic heterocycles. The van der Waals surface area contributed by atoms with E-state index < -0.39 is 6.10 Å². The molecule has 2 aromatic rings. The molecule has 4 nitrogen and oxygen atoms in total. The molecule has 6 heteroatoms. The van der Waals surface area contributed by atoms with Crippen molar-refractivity contribution in [1.29, 1.82) is 0 Å². The Balaban J connectivity index is 0.00000176. The van der Waals surface area contributed by atoms with Gasteiger partial charge < -0.3 is 19.9 Å². The predicted octanol–water partition coefficient (Wildman–Crippen LogP) is 3.59. The molecule has 0 amide bonds. The molecule has 2 heterocycles. The number of aliphatic hydroxyl groups excluding tert-OH is 1. The maximum absolute atomic E-state index is 10.2. The van der Waals surface area contributed by atoms with E-state index in [0.717, 1.165) is 21.9 Å². The predicted molar refractivity (Wildman–Crippen MR) is 90.2 cm³/mol. The molecule has 0 saturated carbocycles. The number of ether oxygens (including phenoxy) is 2. The standard InChI is InChI=1S/C16H19NO3S.ClH/c1-10-3-6-16(21-10)13(18)8-17-11(2)12-4-5-14-15(7-12)20-9-19-14;/h3-7,11,13,17-18H,8-9H2,1-2H3;1H. The third-order valence-electron chi connectivity index (χ3n) is 3.60. The van der Waals surface area contributed by atoms with Crippen molar-refractivity contribution in [3.8, 4) is 11.5 Å². The minimum Gasteiger partial charge on any atom is -0.454 e. The highest BCUT2D eigenvalue weighted by Crippen LogP contribution is 2.34. The number of rotatable bonds is 5. The number of halogens is 1. The van der Waals surface area contributed by atoms with E-state index in [2.05, 4.69) is 12.2 Å². The average Bonchev–Trinajstić information content (AvgIpc) is 3.12. The summed E-state index contributed by atoms with van der Waals surface area (Å²) in [6.45, 7) is 4.93. The van der Waals surface area contributed by atoms with Gasteiger partial charge in [-0.2, -0.15) is 0 Å². The van der Waals surface area contributed by atoms with Gasteiger partial charge in [0, 0.05) is 22.3 Å². The van der Waals surface area contributed by atoms with E-state index in [4.69, 9.17) is 9.47 Å². The molecule has 0 aliphatic carbocycles. The lowest BCUT2D eigenvalue weighted by Crippen LogP contribution is -2.24. The third kappa shape index (κ3) is 3.73. The summed E-state index contributed by atoms with van der Waals surface area (Å²) in [4.78, 5) is 2.21. The monoisotopic (exact) mass is 341 g/mol. The van der Waals surface area contributed by atoms with Gasteiger partial charge in [-0.1, -0.05) is 6.07 Å². The van der Waals surface area contributed by atoms with Gasteiger partial charge in [-0.15, -0.1) is 23.7 Å². The van der Waals surface area contributed by atoms with E-state index in [-0.39, 0.29) is 25.2 Å². The summed E-state index contributed by atoms with van der Waals surface area (Å²) < 4.78 is 10.7. The number of fused-ring (bicyclic) bond motifs is 1. The molecule has 1 aliphatic rings. The molecule has 2 N–H and O–H groups in total. The largest absolute Gasteiger partial charge is 0.454 e. The van der Waals surface area contributed by atoms with Crippen molar-refractivity contribution in [3.05, 3.63) is 45.6 Å². The van der Waals surface area contributed by atoms with Crippen molar-refractivity contribution in [3.63, 3.8) is 0 Å². The normalized spacial score (nSPS) is 15.2. The molecule has 1 aromatic carbocycles. The number of aryl methyl sites for hydroxylation is 1. The molecule has 0 saturated heterocycles. The second-order valence-electron chi connectivity index (χ2n) is 5.21. The van der Waals surface area contributed by atoms with Gasteiger partial charge in [0.1, 0.15) is 6.10 Å². The maximum atomic E-state index is 10.2. The first-order valence-corrected chi connectivity index (χ1v) is 7.82. The van der Waals surface area contributed by atoms with Crippen LogP contribution in [0.15, 0.2) is 30.3 Å². The van der Waals surface area contributed by atoms with Crippen LogP contribution < -0.4 is 14.8 Å². The molecule has 0 radical (unpaired) electrons. The minimum absolute atomic E-state index is 0. The zero-order chi connectivity index (χ0) is 14.8. The first-order chi connectivity index (χ1) is 10.1. The van der Waals surface area contributed by atoms with E-state index in [0.29, 0.717) is 6.54 Å². The summed E-state index contributed by atoms with van der Waals surface area (Å²) in [5.74, 6) is 1.58. The van der Waals surface area contributed by atoms with Gasteiger partial charge in [0.25, 0.3) is 0 Å². The highest BCUT2D eigenvalue weighted by Gasteiger charge is 2.17. The smallest absolute Gasteiger partial charge is 0.231 e. The van der Waals surface area contributed by atoms with E-state index in [1.54, 1.807) is 11.3 Å². The van der Waals surface area contributed by atoms with E-state index in [1.807, 2.05) is 37.3 Å². The Morgan fingerprint density at radius 1 is 1.23 bits per heavy atom. The van der Waals surface area contributed by atoms with Crippen molar-refractivity contribution in [2.75, 3.05) is 13.3 Å². The fourth-order valence-corrected chi connectivity index (χ4v) is 3.19. The summed E-state index contributed by atoms with van der Waals surface area (Å²) in [6, 6.07) is 10.1. The van der Waals surface area contributed by atoms with E-state index in [9.17, 15) is 5.11 Å². The van der Waals surface area contributed by atoms with Crippen LogP contribution in [0.25, 0.3) is 0 Å². The fraction of sp³-hybridized carbons (Fsp3) is 0.375. The number of hydrogen-bond acceptors (Lipinski definition) is 5. The molecule has 22 heavy (non-hydrogen) atoms. The Morgan fingerprint density at radius 2 is 2.00 bits per heavy atom. The zero-order valence-corrected chi connectivity index (χ0v) is 14.2. The summed E-state index contributed by atoms with van der Waals surface area (Å²) in [5, 5.41) is 13.5. The van der Waals surface area contributed by atoms with Gasteiger partial charge in [-0.05, 0) is 43.7 Å². The molecule has 0 bridgehead atoms. The molecule has 3 rings (SSSR count). The van der Waals surface area contributed by atoms with Crippen LogP contribution in [-0.4, -0.2) is 18.4 Å². The zero-order valence-electron chi connectivity index (χ0n) is 12.5. The van der Waals surface area contributed by atoms with Crippen LogP contribution in [0.5, 0.6) is 11.5 Å². The summed E-state index contributed by atoms with van der Waals surface area (Å²) in [6.07, 6.45) is -0.472. The highest BCUT2D eigenvalue weighted by molar-refractivity contribution is 7.12. The molecule has 0 fully saturated rings. The fourth-order valence-electron chi connectivity index (χ4n) is 2.32. The van der Waals surface area contributed by atoms with Gasteiger partial charge in [-0.3, -0.25) is 0 Å². The summed E-state index contributed by atoms with van der Waals surface area (Å²) in [5.41, 5.74) is 1.12.